The normalized spacial score (nSPS) is 20.4. The molecule has 1 atom stereocenters. The summed E-state index contributed by atoms with van der Waals surface area (Å²) >= 11 is 0. The van der Waals surface area contributed by atoms with Crippen LogP contribution in [0.1, 0.15) is 30.6 Å². The standard InChI is InChI=1S/C23H29N3O5/c1-22(2)14-25(21(29)30)11-10-23(22,31)15-26-13-18(20(28)24(3)4)17(12-19(26)27)16-8-6-5-7-9-16/h5-9,12-13,31H,10-11,14-15H2,1-4H3,(H,29,30). The zero-order valence-corrected chi connectivity index (χ0v) is 18.3. The minimum absolute atomic E-state index is 0.0327. The van der Waals surface area contributed by atoms with Crippen molar-refractivity contribution >= 4 is 12.0 Å². The number of carbonyl (C=O) groups excluding carboxylic acids is 1. The van der Waals surface area contributed by atoms with Crippen LogP contribution in [0.2, 0.25) is 0 Å². The van der Waals surface area contributed by atoms with Gasteiger partial charge in [-0.25, -0.2) is 4.79 Å². The van der Waals surface area contributed by atoms with E-state index in [9.17, 15) is 24.6 Å². The molecule has 1 aromatic carbocycles. The summed E-state index contributed by atoms with van der Waals surface area (Å²) in [6.45, 7) is 3.87. The molecule has 1 saturated heterocycles. The first-order valence-corrected chi connectivity index (χ1v) is 10.2. The number of aliphatic hydroxyl groups is 1. The molecule has 0 spiro atoms. The summed E-state index contributed by atoms with van der Waals surface area (Å²) < 4.78 is 1.36. The lowest BCUT2D eigenvalue weighted by Gasteiger charge is -2.49. The first-order chi connectivity index (χ1) is 14.4. The molecular weight excluding hydrogens is 398 g/mol. The Labute approximate surface area is 181 Å². The van der Waals surface area contributed by atoms with Crippen LogP contribution in [0, 0.1) is 5.41 Å². The molecule has 0 bridgehead atoms. The lowest BCUT2D eigenvalue weighted by Crippen LogP contribution is -2.60. The van der Waals surface area contributed by atoms with Gasteiger partial charge >= 0.3 is 6.09 Å². The minimum atomic E-state index is -1.31. The number of piperidine rings is 1. The number of amides is 2. The highest BCUT2D eigenvalue weighted by atomic mass is 16.4. The SMILES string of the molecule is CN(C)C(=O)c1cn(CC2(O)CCN(C(=O)O)CC2(C)C)c(=O)cc1-c1ccccc1. The summed E-state index contributed by atoms with van der Waals surface area (Å²) in [7, 11) is 3.29. The van der Waals surface area contributed by atoms with Crippen LogP contribution >= 0.6 is 0 Å². The van der Waals surface area contributed by atoms with Crippen molar-refractivity contribution in [3.8, 4) is 11.1 Å². The molecule has 2 amide bonds. The van der Waals surface area contributed by atoms with Crippen molar-refractivity contribution in [3.63, 3.8) is 0 Å². The average Bonchev–Trinajstić information content (AvgIpc) is 2.71. The largest absolute Gasteiger partial charge is 0.465 e. The number of nitrogens with zero attached hydrogens (tertiary/aromatic N) is 3. The van der Waals surface area contributed by atoms with Gasteiger partial charge in [0.05, 0.1) is 17.7 Å². The van der Waals surface area contributed by atoms with Gasteiger partial charge in [0.25, 0.3) is 11.5 Å². The summed E-state index contributed by atoms with van der Waals surface area (Å²) in [5.41, 5.74) is -0.778. The van der Waals surface area contributed by atoms with Gasteiger partial charge < -0.3 is 24.6 Å². The summed E-state index contributed by atoms with van der Waals surface area (Å²) in [4.78, 5) is 40.0. The highest BCUT2D eigenvalue weighted by molar-refractivity contribution is 6.00. The van der Waals surface area contributed by atoms with Crippen molar-refractivity contribution in [3.05, 3.63) is 58.5 Å². The van der Waals surface area contributed by atoms with Gasteiger partial charge in [-0.2, -0.15) is 0 Å². The number of hydrogen-bond acceptors (Lipinski definition) is 4. The molecule has 1 fully saturated rings. The van der Waals surface area contributed by atoms with E-state index in [0.717, 1.165) is 5.56 Å². The second-order valence-corrected chi connectivity index (χ2v) is 9.00. The third-order valence-electron chi connectivity index (χ3n) is 6.19. The predicted octanol–water partition coefficient (Wildman–Crippen LogP) is 2.36. The number of pyridine rings is 1. The Balaban J connectivity index is 2.04. The third-order valence-corrected chi connectivity index (χ3v) is 6.19. The highest BCUT2D eigenvalue weighted by Gasteiger charge is 2.49. The van der Waals surface area contributed by atoms with Gasteiger partial charge in [0, 0.05) is 50.4 Å². The van der Waals surface area contributed by atoms with E-state index in [0.29, 0.717) is 11.1 Å². The van der Waals surface area contributed by atoms with Gasteiger partial charge in [0.15, 0.2) is 0 Å². The third kappa shape index (κ3) is 4.34. The van der Waals surface area contributed by atoms with E-state index in [1.807, 2.05) is 30.3 Å². The molecule has 31 heavy (non-hydrogen) atoms. The number of benzene rings is 1. The molecule has 8 heteroatoms. The van der Waals surface area contributed by atoms with Crippen LogP contribution in [0.4, 0.5) is 4.79 Å². The highest BCUT2D eigenvalue weighted by Crippen LogP contribution is 2.40. The molecule has 3 rings (SSSR count). The first kappa shape index (κ1) is 22.6. The number of carbonyl (C=O) groups is 2. The fraction of sp³-hybridized carbons (Fsp3) is 0.435. The fourth-order valence-electron chi connectivity index (χ4n) is 4.06. The molecule has 0 saturated carbocycles. The van der Waals surface area contributed by atoms with E-state index in [-0.39, 0.29) is 37.5 Å². The van der Waals surface area contributed by atoms with Gasteiger partial charge in [-0.05, 0) is 12.0 Å². The van der Waals surface area contributed by atoms with Crippen molar-refractivity contribution in [2.24, 2.45) is 5.41 Å². The van der Waals surface area contributed by atoms with Crippen molar-refractivity contribution < 1.29 is 19.8 Å². The van der Waals surface area contributed by atoms with Crippen LogP contribution in [-0.2, 0) is 6.54 Å². The van der Waals surface area contributed by atoms with Gasteiger partial charge in [0.2, 0.25) is 0 Å². The van der Waals surface area contributed by atoms with Gasteiger partial charge in [-0.15, -0.1) is 0 Å². The number of likely N-dealkylation sites (tertiary alicyclic amines) is 1. The van der Waals surface area contributed by atoms with Gasteiger partial charge in [-0.3, -0.25) is 9.59 Å². The second kappa shape index (κ2) is 8.19. The zero-order valence-electron chi connectivity index (χ0n) is 18.3. The lowest BCUT2D eigenvalue weighted by molar-refractivity contribution is -0.123. The zero-order chi connectivity index (χ0) is 23.0. The Morgan fingerprint density at radius 2 is 1.81 bits per heavy atom. The van der Waals surface area contributed by atoms with Crippen LogP contribution < -0.4 is 5.56 Å². The van der Waals surface area contributed by atoms with Crippen LogP contribution in [-0.4, -0.2) is 69.4 Å². The maximum absolute atomic E-state index is 13.0. The average molecular weight is 428 g/mol. The van der Waals surface area contributed by atoms with Gasteiger partial charge in [0.1, 0.15) is 0 Å². The van der Waals surface area contributed by atoms with E-state index in [4.69, 9.17) is 0 Å². The van der Waals surface area contributed by atoms with E-state index in [1.54, 1.807) is 27.9 Å². The smallest absolute Gasteiger partial charge is 0.407 e. The molecule has 166 valence electrons. The molecule has 1 aliphatic heterocycles. The van der Waals surface area contributed by atoms with Crippen molar-refractivity contribution in [1.29, 1.82) is 0 Å². The van der Waals surface area contributed by atoms with E-state index >= 15 is 0 Å². The molecule has 8 nitrogen and oxygen atoms in total. The molecule has 0 aliphatic carbocycles. The van der Waals surface area contributed by atoms with Gasteiger partial charge in [-0.1, -0.05) is 44.2 Å². The maximum Gasteiger partial charge on any atom is 0.407 e. The Morgan fingerprint density at radius 1 is 1.16 bits per heavy atom. The summed E-state index contributed by atoms with van der Waals surface area (Å²) in [5.74, 6) is -0.250. The molecule has 0 radical (unpaired) electrons. The molecule has 1 aromatic heterocycles. The van der Waals surface area contributed by atoms with Crippen molar-refractivity contribution in [2.75, 3.05) is 27.2 Å². The lowest BCUT2D eigenvalue weighted by atomic mass is 9.70. The van der Waals surface area contributed by atoms with Crippen molar-refractivity contribution in [2.45, 2.75) is 32.4 Å². The first-order valence-electron chi connectivity index (χ1n) is 10.2. The molecular formula is C23H29N3O5. The van der Waals surface area contributed by atoms with Crippen LogP contribution in [0.15, 0.2) is 47.4 Å². The monoisotopic (exact) mass is 427 g/mol. The fourth-order valence-corrected chi connectivity index (χ4v) is 4.06. The number of aromatic nitrogens is 1. The van der Waals surface area contributed by atoms with E-state index in [2.05, 4.69) is 0 Å². The van der Waals surface area contributed by atoms with Crippen LogP contribution in [0.5, 0.6) is 0 Å². The topological polar surface area (TPSA) is 103 Å². The summed E-state index contributed by atoms with van der Waals surface area (Å²) in [5, 5.41) is 20.7. The number of rotatable bonds is 4. The molecule has 1 unspecified atom stereocenters. The predicted molar refractivity (Wildman–Crippen MR) is 117 cm³/mol. The number of hydrogen-bond donors (Lipinski definition) is 2. The summed E-state index contributed by atoms with van der Waals surface area (Å²) in [6.07, 6.45) is 0.666. The Bertz CT molecular complexity index is 1040. The summed E-state index contributed by atoms with van der Waals surface area (Å²) in [6, 6.07) is 10.6. The quantitative estimate of drug-likeness (QED) is 0.780. The van der Waals surface area contributed by atoms with Crippen LogP contribution in [0.3, 0.4) is 0 Å². The Morgan fingerprint density at radius 3 is 2.35 bits per heavy atom. The molecule has 2 N–H and O–H groups in total. The van der Waals surface area contributed by atoms with E-state index < -0.39 is 17.1 Å². The Hall–Kier alpha value is -3.13. The van der Waals surface area contributed by atoms with E-state index in [1.165, 1.54) is 26.6 Å². The number of carboxylic acid groups (broad SMARTS) is 1. The molecule has 2 aromatic rings. The molecule has 2 heterocycles. The van der Waals surface area contributed by atoms with Crippen molar-refractivity contribution in [1.82, 2.24) is 14.4 Å². The van der Waals surface area contributed by atoms with Crippen LogP contribution in [0.25, 0.3) is 11.1 Å². The maximum atomic E-state index is 13.0. The molecule has 1 aliphatic rings. The Kier molecular flexibility index (Phi) is 5.96. The second-order valence-electron chi connectivity index (χ2n) is 9.00. The minimum Gasteiger partial charge on any atom is -0.465 e.